The van der Waals surface area contributed by atoms with E-state index >= 15 is 0 Å². The number of benzene rings is 2. The molecule has 8 nitrogen and oxygen atoms in total. The van der Waals surface area contributed by atoms with Crippen molar-refractivity contribution in [1.29, 1.82) is 0 Å². The molecule has 1 aromatic heterocycles. The van der Waals surface area contributed by atoms with Crippen LogP contribution in [-0.4, -0.2) is 47.9 Å². The van der Waals surface area contributed by atoms with Crippen LogP contribution < -0.4 is 20.3 Å². The van der Waals surface area contributed by atoms with E-state index in [1.165, 1.54) is 4.68 Å². The Morgan fingerprint density at radius 3 is 2.62 bits per heavy atom. The summed E-state index contributed by atoms with van der Waals surface area (Å²) in [6.45, 7) is 1.90. The molecule has 0 atom stereocenters. The summed E-state index contributed by atoms with van der Waals surface area (Å²) < 4.78 is 12.5. The summed E-state index contributed by atoms with van der Waals surface area (Å²) in [4.78, 5) is 27.1. The number of hydrogen-bond acceptors (Lipinski definition) is 6. The van der Waals surface area contributed by atoms with Gasteiger partial charge in [-0.05, 0) is 30.8 Å². The summed E-state index contributed by atoms with van der Waals surface area (Å²) in [5, 5.41) is 7.93. The summed E-state index contributed by atoms with van der Waals surface area (Å²) in [6.07, 6.45) is 0. The van der Waals surface area contributed by atoms with Crippen molar-refractivity contribution in [2.75, 3.05) is 27.3 Å². The predicted molar refractivity (Wildman–Crippen MR) is 108 cm³/mol. The lowest BCUT2D eigenvalue weighted by Gasteiger charge is -2.21. The van der Waals surface area contributed by atoms with Crippen molar-refractivity contribution in [3.05, 3.63) is 64.1 Å². The Morgan fingerprint density at radius 2 is 1.86 bits per heavy atom. The summed E-state index contributed by atoms with van der Waals surface area (Å²) in [5.74, 6) is 1.14. The molecule has 0 saturated heterocycles. The molecule has 0 aliphatic carbocycles. The van der Waals surface area contributed by atoms with E-state index in [1.54, 1.807) is 31.3 Å². The molecule has 8 heteroatoms. The minimum atomic E-state index is -0.329. The first-order valence-electron chi connectivity index (χ1n) is 9.36. The molecular formula is C21H22N4O4. The van der Waals surface area contributed by atoms with Crippen LogP contribution in [0.2, 0.25) is 0 Å². The monoisotopic (exact) mass is 394 g/mol. The SMILES string of the molecule is CNC(=O)c1nn(CN(C)Cc2ccc3c(c2)OCCO3)c(=O)c2ccccc12. The smallest absolute Gasteiger partial charge is 0.275 e. The molecule has 0 unspecified atom stereocenters. The van der Waals surface area contributed by atoms with Crippen LogP contribution in [0.4, 0.5) is 0 Å². The standard InChI is InChI=1S/C21H22N4O4/c1-22-20(26)19-15-5-3-4-6-16(15)21(27)25(23-19)13-24(2)12-14-7-8-17-18(11-14)29-10-9-28-17/h3-8,11H,9-10,12-13H2,1-2H3,(H,22,26). The van der Waals surface area contributed by atoms with Gasteiger partial charge in [-0.1, -0.05) is 24.3 Å². The third-order valence-electron chi connectivity index (χ3n) is 4.74. The number of carbonyl (C=O) groups excluding carboxylic acids is 1. The Balaban J connectivity index is 1.61. The van der Waals surface area contributed by atoms with Crippen molar-refractivity contribution in [2.45, 2.75) is 13.2 Å². The summed E-state index contributed by atoms with van der Waals surface area (Å²) in [7, 11) is 3.43. The fourth-order valence-electron chi connectivity index (χ4n) is 3.39. The topological polar surface area (TPSA) is 85.7 Å². The molecule has 4 rings (SSSR count). The van der Waals surface area contributed by atoms with Crippen molar-refractivity contribution in [3.63, 3.8) is 0 Å². The third kappa shape index (κ3) is 3.79. The van der Waals surface area contributed by atoms with Gasteiger partial charge in [-0.15, -0.1) is 0 Å². The molecular weight excluding hydrogens is 372 g/mol. The molecule has 2 heterocycles. The van der Waals surface area contributed by atoms with Crippen LogP contribution in [0.3, 0.4) is 0 Å². The van der Waals surface area contributed by atoms with Crippen molar-refractivity contribution in [3.8, 4) is 11.5 Å². The summed E-state index contributed by atoms with van der Waals surface area (Å²) in [5.41, 5.74) is 1.02. The Labute approximate surface area is 167 Å². The quantitative estimate of drug-likeness (QED) is 0.708. The average Bonchev–Trinajstić information content (AvgIpc) is 2.75. The van der Waals surface area contributed by atoms with Crippen molar-refractivity contribution < 1.29 is 14.3 Å². The second kappa shape index (κ2) is 7.92. The Morgan fingerprint density at radius 1 is 1.14 bits per heavy atom. The highest BCUT2D eigenvalue weighted by Crippen LogP contribution is 2.31. The second-order valence-corrected chi connectivity index (χ2v) is 6.91. The van der Waals surface area contributed by atoms with Crippen molar-refractivity contribution in [2.24, 2.45) is 0 Å². The van der Waals surface area contributed by atoms with E-state index in [4.69, 9.17) is 9.47 Å². The maximum atomic E-state index is 12.9. The number of amides is 1. The number of carbonyl (C=O) groups is 1. The molecule has 0 fully saturated rings. The van der Waals surface area contributed by atoms with Crippen LogP contribution in [0, 0.1) is 0 Å². The van der Waals surface area contributed by atoms with E-state index in [0.29, 0.717) is 30.5 Å². The highest BCUT2D eigenvalue weighted by atomic mass is 16.6. The van der Waals surface area contributed by atoms with E-state index in [0.717, 1.165) is 17.1 Å². The first kappa shape index (κ1) is 18.9. The fourth-order valence-corrected chi connectivity index (χ4v) is 3.39. The zero-order chi connectivity index (χ0) is 20.4. The molecule has 2 aromatic carbocycles. The highest BCUT2D eigenvalue weighted by molar-refractivity contribution is 6.04. The molecule has 1 aliphatic rings. The van der Waals surface area contributed by atoms with E-state index in [-0.39, 0.29) is 23.8 Å². The Bertz CT molecular complexity index is 1130. The van der Waals surface area contributed by atoms with Gasteiger partial charge < -0.3 is 14.8 Å². The van der Waals surface area contributed by atoms with Crippen LogP contribution in [0.15, 0.2) is 47.3 Å². The number of hydrogen-bond donors (Lipinski definition) is 1. The molecule has 0 radical (unpaired) electrons. The molecule has 29 heavy (non-hydrogen) atoms. The Hall–Kier alpha value is -3.39. The van der Waals surface area contributed by atoms with E-state index in [2.05, 4.69) is 10.4 Å². The zero-order valence-electron chi connectivity index (χ0n) is 16.3. The van der Waals surface area contributed by atoms with Gasteiger partial charge >= 0.3 is 0 Å². The number of aromatic nitrogens is 2. The Kier molecular flexibility index (Phi) is 5.18. The van der Waals surface area contributed by atoms with Crippen LogP contribution >= 0.6 is 0 Å². The number of rotatable bonds is 5. The summed E-state index contributed by atoms with van der Waals surface area (Å²) in [6, 6.07) is 12.8. The molecule has 1 amide bonds. The van der Waals surface area contributed by atoms with Gasteiger partial charge in [0.15, 0.2) is 17.2 Å². The van der Waals surface area contributed by atoms with E-state index < -0.39 is 0 Å². The molecule has 0 saturated carbocycles. The van der Waals surface area contributed by atoms with Gasteiger partial charge in [0.25, 0.3) is 11.5 Å². The van der Waals surface area contributed by atoms with Gasteiger partial charge in [0.1, 0.15) is 13.2 Å². The van der Waals surface area contributed by atoms with E-state index in [1.807, 2.05) is 30.1 Å². The molecule has 1 N–H and O–H groups in total. The normalized spacial score (nSPS) is 12.9. The minimum Gasteiger partial charge on any atom is -0.486 e. The lowest BCUT2D eigenvalue weighted by Crippen LogP contribution is -2.34. The van der Waals surface area contributed by atoms with Gasteiger partial charge in [0.2, 0.25) is 0 Å². The maximum absolute atomic E-state index is 12.9. The van der Waals surface area contributed by atoms with Gasteiger partial charge in [0.05, 0.1) is 12.1 Å². The molecule has 0 bridgehead atoms. The first-order chi connectivity index (χ1) is 14.1. The maximum Gasteiger partial charge on any atom is 0.275 e. The summed E-state index contributed by atoms with van der Waals surface area (Å²) >= 11 is 0. The van der Waals surface area contributed by atoms with Gasteiger partial charge in [-0.3, -0.25) is 14.5 Å². The molecule has 1 aliphatic heterocycles. The highest BCUT2D eigenvalue weighted by Gasteiger charge is 2.17. The average molecular weight is 394 g/mol. The van der Waals surface area contributed by atoms with Crippen LogP contribution in [0.25, 0.3) is 10.8 Å². The van der Waals surface area contributed by atoms with Crippen LogP contribution in [0.5, 0.6) is 11.5 Å². The third-order valence-corrected chi connectivity index (χ3v) is 4.74. The number of ether oxygens (including phenoxy) is 2. The number of nitrogens with zero attached hydrogens (tertiary/aromatic N) is 3. The zero-order valence-corrected chi connectivity index (χ0v) is 16.3. The van der Waals surface area contributed by atoms with Gasteiger partial charge in [-0.2, -0.15) is 5.10 Å². The van der Waals surface area contributed by atoms with Gasteiger partial charge in [0, 0.05) is 19.0 Å². The van der Waals surface area contributed by atoms with Crippen molar-refractivity contribution in [1.82, 2.24) is 20.0 Å². The second-order valence-electron chi connectivity index (χ2n) is 6.91. The molecule has 0 spiro atoms. The van der Waals surface area contributed by atoms with Crippen LogP contribution in [0.1, 0.15) is 16.1 Å². The van der Waals surface area contributed by atoms with Gasteiger partial charge in [-0.25, -0.2) is 4.68 Å². The first-order valence-corrected chi connectivity index (χ1v) is 9.36. The lowest BCUT2D eigenvalue weighted by molar-refractivity contribution is 0.0956. The predicted octanol–water partition coefficient (Wildman–Crippen LogP) is 1.62. The van der Waals surface area contributed by atoms with Crippen molar-refractivity contribution >= 4 is 16.7 Å². The number of fused-ring (bicyclic) bond motifs is 2. The number of nitrogens with one attached hydrogen (secondary N) is 1. The van der Waals surface area contributed by atoms with Crippen LogP contribution in [-0.2, 0) is 13.2 Å². The molecule has 150 valence electrons. The lowest BCUT2D eigenvalue weighted by atomic mass is 10.1. The fraction of sp³-hybridized carbons (Fsp3) is 0.286. The largest absolute Gasteiger partial charge is 0.486 e. The minimum absolute atomic E-state index is 0.232. The molecule has 3 aromatic rings. The van der Waals surface area contributed by atoms with E-state index in [9.17, 15) is 9.59 Å².